The average Bonchev–Trinajstić information content (AvgIpc) is 2.42. The highest BCUT2D eigenvalue weighted by Crippen LogP contribution is 2.42. The van der Waals surface area contributed by atoms with Crippen LogP contribution in [0.5, 0.6) is 23.0 Å². The standard InChI is InChI=1S/C53H62O30/c1-23(56)72-20-34-39(65)42(68)44(70)51(76-34)79-46-45(78-37(63)15-11-26-9-13-29(59)31(61)17-26)35(21-73-24(2)57)77-52(47(46)80-50-43(69)41(67)38(64)32(18-54)75-50)83-53(22-74-36(62)14-10-25-8-12-28(58)30(60)16-25)48(40(66)33(19-55)82-53)81-49(71)27-6-4-3-5-7-27/h3-17,32-35,38-48,50-52,54-55,58-61,64-70H,18-22H2,1-2H3/t32-,33-,34-,35-,38-,39-,40-,41+,42+,43-,44-,45-,46+,47-,48+,50+,51+,52-,53+/m1/s1. The van der Waals surface area contributed by atoms with Crippen molar-refractivity contribution >= 4 is 42.0 Å². The summed E-state index contributed by atoms with van der Waals surface area (Å²) in [5.41, 5.74) is 0.112. The summed E-state index contributed by atoms with van der Waals surface area (Å²) in [6, 6.07) is 14.0. The molecule has 83 heavy (non-hydrogen) atoms. The van der Waals surface area contributed by atoms with Gasteiger partial charge in [-0.15, -0.1) is 0 Å². The zero-order valence-electron chi connectivity index (χ0n) is 43.8. The molecule has 30 heteroatoms. The lowest BCUT2D eigenvalue weighted by Gasteiger charge is -2.50. The molecule has 4 fully saturated rings. The maximum absolute atomic E-state index is 14.1. The van der Waals surface area contributed by atoms with E-state index in [1.807, 2.05) is 0 Å². The first kappa shape index (κ1) is 63.6. The lowest BCUT2D eigenvalue weighted by Crippen LogP contribution is -2.69. The lowest BCUT2D eigenvalue weighted by atomic mass is 9.95. The van der Waals surface area contributed by atoms with Gasteiger partial charge in [0.1, 0.15) is 99.2 Å². The first-order valence-electron chi connectivity index (χ1n) is 25.3. The molecule has 13 N–H and O–H groups in total. The summed E-state index contributed by atoms with van der Waals surface area (Å²) in [6.45, 7) is -3.25. The van der Waals surface area contributed by atoms with Crippen LogP contribution in [0.25, 0.3) is 12.2 Å². The van der Waals surface area contributed by atoms with Crippen LogP contribution in [0, 0.1) is 0 Å². The van der Waals surface area contributed by atoms with E-state index in [0.717, 1.165) is 62.4 Å². The summed E-state index contributed by atoms with van der Waals surface area (Å²) >= 11 is 0. The number of aromatic hydroxyl groups is 4. The Bertz CT molecular complexity index is 2780. The van der Waals surface area contributed by atoms with Gasteiger partial charge >= 0.3 is 29.8 Å². The first-order valence-corrected chi connectivity index (χ1v) is 25.3. The van der Waals surface area contributed by atoms with Gasteiger partial charge in [-0.25, -0.2) is 14.4 Å². The van der Waals surface area contributed by atoms with Crippen LogP contribution in [-0.2, 0) is 76.0 Å². The number of carbonyl (C=O) groups is 5. The molecule has 0 aromatic heterocycles. The van der Waals surface area contributed by atoms with E-state index in [4.69, 9.17) is 56.8 Å². The van der Waals surface area contributed by atoms with Crippen LogP contribution >= 0.6 is 0 Å². The van der Waals surface area contributed by atoms with E-state index in [2.05, 4.69) is 0 Å². The Morgan fingerprint density at radius 3 is 1.57 bits per heavy atom. The van der Waals surface area contributed by atoms with Gasteiger partial charge in [-0.2, -0.15) is 0 Å². The maximum atomic E-state index is 14.1. The Morgan fingerprint density at radius 2 is 1.02 bits per heavy atom. The number of ether oxygens (including phenoxy) is 12. The van der Waals surface area contributed by atoms with Gasteiger partial charge in [0.2, 0.25) is 5.79 Å². The molecule has 0 spiro atoms. The van der Waals surface area contributed by atoms with E-state index in [1.165, 1.54) is 36.4 Å². The highest BCUT2D eigenvalue weighted by molar-refractivity contribution is 5.90. The van der Waals surface area contributed by atoms with Crippen molar-refractivity contribution in [1.29, 1.82) is 0 Å². The third kappa shape index (κ3) is 15.4. The summed E-state index contributed by atoms with van der Waals surface area (Å²) in [7, 11) is 0. The predicted molar refractivity (Wildman–Crippen MR) is 268 cm³/mol. The number of phenols is 4. The van der Waals surface area contributed by atoms with Crippen molar-refractivity contribution in [2.24, 2.45) is 0 Å². The molecular weight excluding hydrogens is 1120 g/mol. The van der Waals surface area contributed by atoms with Crippen LogP contribution in [0.3, 0.4) is 0 Å². The molecule has 19 atom stereocenters. The Kier molecular flexibility index (Phi) is 21.5. The Hall–Kier alpha value is -6.95. The van der Waals surface area contributed by atoms with Crippen LogP contribution in [0.15, 0.2) is 78.9 Å². The van der Waals surface area contributed by atoms with Gasteiger partial charge < -0.3 is 123 Å². The maximum Gasteiger partial charge on any atom is 0.338 e. The first-order chi connectivity index (χ1) is 39.4. The zero-order valence-corrected chi connectivity index (χ0v) is 43.8. The highest BCUT2D eigenvalue weighted by Gasteiger charge is 2.64. The Balaban J connectivity index is 1.40. The molecule has 7 rings (SSSR count). The van der Waals surface area contributed by atoms with Crippen LogP contribution < -0.4 is 0 Å². The quantitative estimate of drug-likeness (QED) is 0.0214. The number of hydrogen-bond acceptors (Lipinski definition) is 30. The van der Waals surface area contributed by atoms with Crippen molar-refractivity contribution in [2.45, 2.75) is 130 Å². The number of carbonyl (C=O) groups excluding carboxylic acids is 5. The molecule has 454 valence electrons. The summed E-state index contributed by atoms with van der Waals surface area (Å²) < 4.78 is 70.9. The Morgan fingerprint density at radius 1 is 0.518 bits per heavy atom. The van der Waals surface area contributed by atoms with Crippen molar-refractivity contribution in [2.75, 3.05) is 33.0 Å². The lowest BCUT2D eigenvalue weighted by molar-refractivity contribution is -0.421. The van der Waals surface area contributed by atoms with Crippen molar-refractivity contribution in [3.63, 3.8) is 0 Å². The molecule has 0 aliphatic carbocycles. The second-order valence-electron chi connectivity index (χ2n) is 19.2. The molecule has 3 aromatic carbocycles. The predicted octanol–water partition coefficient (Wildman–Crippen LogP) is -3.39. The molecule has 4 aliphatic rings. The largest absolute Gasteiger partial charge is 0.504 e. The summed E-state index contributed by atoms with van der Waals surface area (Å²) in [5, 5.41) is 139. The summed E-state index contributed by atoms with van der Waals surface area (Å²) in [5.74, 6) is -10.8. The second kappa shape index (κ2) is 28.1. The van der Waals surface area contributed by atoms with Gasteiger partial charge in [0.15, 0.2) is 54.1 Å². The fourth-order valence-electron chi connectivity index (χ4n) is 8.97. The van der Waals surface area contributed by atoms with E-state index < -0.39 is 202 Å². The van der Waals surface area contributed by atoms with E-state index in [0.29, 0.717) is 0 Å². The number of aliphatic hydroxyl groups excluding tert-OH is 9. The topological polar surface area (TPSA) is 459 Å². The summed E-state index contributed by atoms with van der Waals surface area (Å²) in [4.78, 5) is 66.2. The van der Waals surface area contributed by atoms with Crippen molar-refractivity contribution in [3.8, 4) is 23.0 Å². The minimum Gasteiger partial charge on any atom is -0.504 e. The molecule has 0 amide bonds. The molecule has 30 nitrogen and oxygen atoms in total. The number of hydrogen-bond donors (Lipinski definition) is 13. The van der Waals surface area contributed by atoms with E-state index in [-0.39, 0.29) is 16.7 Å². The molecule has 4 aliphatic heterocycles. The van der Waals surface area contributed by atoms with Crippen LogP contribution in [0.2, 0.25) is 0 Å². The Labute approximate surface area is 469 Å². The number of aliphatic hydroxyl groups is 9. The molecule has 4 heterocycles. The van der Waals surface area contributed by atoms with Crippen molar-refractivity contribution in [1.82, 2.24) is 0 Å². The molecule has 0 bridgehead atoms. The number of benzene rings is 3. The molecule has 0 saturated carbocycles. The third-order valence-corrected chi connectivity index (χ3v) is 13.3. The van der Waals surface area contributed by atoms with E-state index in [1.54, 1.807) is 6.07 Å². The molecule has 4 saturated heterocycles. The number of phenolic OH excluding ortho intramolecular Hbond substituents is 4. The molecule has 3 aromatic rings. The van der Waals surface area contributed by atoms with Gasteiger partial charge in [0.25, 0.3) is 0 Å². The van der Waals surface area contributed by atoms with Crippen molar-refractivity contribution < 1.29 is 147 Å². The van der Waals surface area contributed by atoms with Crippen molar-refractivity contribution in [3.05, 3.63) is 95.6 Å². The van der Waals surface area contributed by atoms with Gasteiger partial charge in [-0.1, -0.05) is 30.3 Å². The average molecular weight is 1180 g/mol. The van der Waals surface area contributed by atoms with Gasteiger partial charge in [-0.05, 0) is 59.7 Å². The van der Waals surface area contributed by atoms with Gasteiger partial charge in [0.05, 0.1) is 18.8 Å². The van der Waals surface area contributed by atoms with E-state index >= 15 is 0 Å². The van der Waals surface area contributed by atoms with Gasteiger partial charge in [-0.3, -0.25) is 9.59 Å². The monoisotopic (exact) mass is 1180 g/mol. The highest BCUT2D eigenvalue weighted by atomic mass is 16.8. The third-order valence-electron chi connectivity index (χ3n) is 13.3. The zero-order chi connectivity index (χ0) is 60.4. The number of esters is 5. The SMILES string of the molecule is CC(=O)OC[C@H]1O[C@@H](O[C@@H]2[C@@H](O[C@@H]3O[C@H](CO)[C@@H](O)[C@H](O)[C@H]3O)[C@@H](O[C@]3(COC(=O)C=Cc4ccc(O)c(O)c4)O[C@H](CO)[C@@H](O)[C@@H]3OC(=O)c3ccccc3)O[C@H](COC(C)=O)[C@H]2OC(=O)C=Cc2ccc(O)c(O)c2)[C@H](O)[C@@H](O)[C@@H]1O. The van der Waals surface area contributed by atoms with Crippen LogP contribution in [0.4, 0.5) is 0 Å². The molecule has 0 unspecified atom stereocenters. The van der Waals surface area contributed by atoms with Gasteiger partial charge in [0, 0.05) is 26.0 Å². The fourth-order valence-corrected chi connectivity index (χ4v) is 8.97. The van der Waals surface area contributed by atoms with E-state index in [9.17, 15) is 90.4 Å². The molecular formula is C53H62O30. The van der Waals surface area contributed by atoms with Crippen LogP contribution in [0.1, 0.15) is 35.3 Å². The minimum atomic E-state index is -2.98. The van der Waals surface area contributed by atoms with Crippen LogP contribution in [-0.4, -0.2) is 245 Å². The normalized spacial score (nSPS) is 33.6. The second-order valence-corrected chi connectivity index (χ2v) is 19.2. The summed E-state index contributed by atoms with van der Waals surface area (Å²) in [6.07, 6.45) is -34.7. The number of rotatable bonds is 21. The molecule has 0 radical (unpaired) electrons. The fraction of sp³-hybridized carbons (Fsp3) is 0.491. The minimum absolute atomic E-state index is 0.104. The smallest absolute Gasteiger partial charge is 0.338 e.